The third-order valence-corrected chi connectivity index (χ3v) is 5.77. The van der Waals surface area contributed by atoms with Crippen LogP contribution in [0.1, 0.15) is 110 Å². The Bertz CT molecular complexity index is 300. The van der Waals surface area contributed by atoms with Crippen LogP contribution in [0.5, 0.6) is 0 Å². The highest BCUT2D eigenvalue weighted by Gasteiger charge is 2.35. The van der Waals surface area contributed by atoms with Crippen LogP contribution < -0.4 is 0 Å². The maximum Gasteiger partial charge on any atom is 0.303 e. The first kappa shape index (κ1) is 20.5. The molecule has 1 N–H and O–H groups in total. The Labute approximate surface area is 144 Å². The van der Waals surface area contributed by atoms with Gasteiger partial charge >= 0.3 is 5.97 Å². The minimum atomic E-state index is -0.629. The van der Waals surface area contributed by atoms with Crippen molar-refractivity contribution >= 4 is 5.97 Å². The summed E-state index contributed by atoms with van der Waals surface area (Å²) in [4.78, 5) is 10.5. The van der Waals surface area contributed by atoms with Crippen molar-refractivity contribution in [3.63, 3.8) is 0 Å². The Kier molecular flexibility index (Phi) is 11.5. The van der Waals surface area contributed by atoms with Crippen LogP contribution in [0, 0.1) is 17.8 Å². The second kappa shape index (κ2) is 12.8. The van der Waals surface area contributed by atoms with E-state index in [4.69, 9.17) is 5.11 Å². The van der Waals surface area contributed by atoms with E-state index in [0.717, 1.165) is 24.2 Å². The number of aliphatic carboxylic acids is 1. The molecule has 0 saturated heterocycles. The molecule has 23 heavy (non-hydrogen) atoms. The Balaban J connectivity index is 1.73. The zero-order chi connectivity index (χ0) is 16.9. The minimum absolute atomic E-state index is 0.374. The topological polar surface area (TPSA) is 37.3 Å². The van der Waals surface area contributed by atoms with Gasteiger partial charge in [-0.25, -0.2) is 0 Å². The van der Waals surface area contributed by atoms with Crippen molar-refractivity contribution in [3.05, 3.63) is 0 Å². The van der Waals surface area contributed by atoms with E-state index < -0.39 is 5.97 Å². The molecular formula is C21H40O2. The summed E-state index contributed by atoms with van der Waals surface area (Å²) >= 11 is 0. The zero-order valence-corrected chi connectivity index (χ0v) is 15.7. The van der Waals surface area contributed by atoms with Gasteiger partial charge in [0.15, 0.2) is 0 Å². The van der Waals surface area contributed by atoms with Crippen LogP contribution in [0.3, 0.4) is 0 Å². The van der Waals surface area contributed by atoms with E-state index >= 15 is 0 Å². The molecule has 1 aliphatic carbocycles. The van der Waals surface area contributed by atoms with Crippen LogP contribution in [0.2, 0.25) is 0 Å². The highest BCUT2D eigenvalue weighted by Crippen LogP contribution is 2.45. The molecule has 0 aromatic carbocycles. The number of hydrogen-bond acceptors (Lipinski definition) is 1. The fourth-order valence-corrected chi connectivity index (χ4v) is 3.67. The molecule has 2 nitrogen and oxygen atoms in total. The van der Waals surface area contributed by atoms with Gasteiger partial charge < -0.3 is 5.11 Å². The highest BCUT2D eigenvalue weighted by atomic mass is 16.4. The van der Waals surface area contributed by atoms with Gasteiger partial charge in [-0.05, 0) is 30.6 Å². The van der Waals surface area contributed by atoms with Crippen molar-refractivity contribution in [3.8, 4) is 0 Å². The maximum absolute atomic E-state index is 10.5. The van der Waals surface area contributed by atoms with Crippen LogP contribution in [0.4, 0.5) is 0 Å². The van der Waals surface area contributed by atoms with Crippen LogP contribution >= 0.6 is 0 Å². The van der Waals surface area contributed by atoms with E-state index in [1.807, 2.05) is 0 Å². The molecular weight excluding hydrogens is 284 g/mol. The van der Waals surface area contributed by atoms with Crippen molar-refractivity contribution in [1.82, 2.24) is 0 Å². The molecule has 1 aliphatic rings. The molecule has 0 aromatic rings. The van der Waals surface area contributed by atoms with E-state index in [2.05, 4.69) is 13.8 Å². The van der Waals surface area contributed by atoms with Gasteiger partial charge in [-0.1, -0.05) is 90.9 Å². The predicted molar refractivity (Wildman–Crippen MR) is 98.7 cm³/mol. The first-order chi connectivity index (χ1) is 11.1. The van der Waals surface area contributed by atoms with Crippen LogP contribution in [-0.2, 0) is 4.79 Å². The molecule has 0 aliphatic heterocycles. The minimum Gasteiger partial charge on any atom is -0.481 e. The molecule has 136 valence electrons. The third kappa shape index (κ3) is 11.6. The second-order valence-electron chi connectivity index (χ2n) is 7.96. The fourth-order valence-electron chi connectivity index (χ4n) is 3.67. The Morgan fingerprint density at radius 3 is 2.00 bits per heavy atom. The summed E-state index contributed by atoms with van der Waals surface area (Å²) in [5.41, 5.74) is 0. The van der Waals surface area contributed by atoms with E-state index in [-0.39, 0.29) is 0 Å². The molecule has 1 rings (SSSR count). The molecule has 0 amide bonds. The second-order valence-corrected chi connectivity index (χ2v) is 7.96. The average Bonchev–Trinajstić information content (AvgIpc) is 3.28. The smallest absolute Gasteiger partial charge is 0.303 e. The van der Waals surface area contributed by atoms with Gasteiger partial charge in [-0.15, -0.1) is 0 Å². The number of rotatable bonds is 16. The number of carboxylic acid groups (broad SMARTS) is 1. The van der Waals surface area contributed by atoms with Crippen LogP contribution in [-0.4, -0.2) is 11.1 Å². The maximum atomic E-state index is 10.5. The van der Waals surface area contributed by atoms with Gasteiger partial charge in [0.25, 0.3) is 0 Å². The van der Waals surface area contributed by atoms with Gasteiger partial charge in [0.2, 0.25) is 0 Å². The van der Waals surface area contributed by atoms with Gasteiger partial charge in [0, 0.05) is 6.42 Å². The number of unbranched alkanes of at least 4 members (excludes halogenated alkanes) is 8. The monoisotopic (exact) mass is 324 g/mol. The van der Waals surface area contributed by atoms with E-state index in [9.17, 15) is 4.79 Å². The predicted octanol–water partition coefficient (Wildman–Crippen LogP) is 6.82. The number of carboxylic acids is 1. The van der Waals surface area contributed by atoms with Crippen LogP contribution in [0.25, 0.3) is 0 Å². The Morgan fingerprint density at radius 1 is 0.913 bits per heavy atom. The lowest BCUT2D eigenvalue weighted by Crippen LogP contribution is -1.95. The van der Waals surface area contributed by atoms with Crippen molar-refractivity contribution in [2.45, 2.75) is 110 Å². The normalized spacial score (nSPS) is 21.3. The summed E-state index contributed by atoms with van der Waals surface area (Å²) in [5.74, 6) is 1.89. The Hall–Kier alpha value is -0.530. The molecule has 3 atom stereocenters. The SMILES string of the molecule is CCC(C)CCCCCCCCCCC[C@@H]1C[C@H]1CCC(=O)O. The molecule has 0 aromatic heterocycles. The average molecular weight is 325 g/mol. The molecule has 1 saturated carbocycles. The number of carbonyl (C=O) groups is 1. The van der Waals surface area contributed by atoms with Crippen molar-refractivity contribution in [1.29, 1.82) is 0 Å². The number of hydrogen-bond donors (Lipinski definition) is 1. The third-order valence-electron chi connectivity index (χ3n) is 5.77. The van der Waals surface area contributed by atoms with Gasteiger partial charge in [0.1, 0.15) is 0 Å². The molecule has 0 heterocycles. The summed E-state index contributed by atoms with van der Waals surface area (Å²) in [6.07, 6.45) is 19.4. The lowest BCUT2D eigenvalue weighted by Gasteiger charge is -2.07. The van der Waals surface area contributed by atoms with Gasteiger partial charge in [-0.3, -0.25) is 4.79 Å². The van der Waals surface area contributed by atoms with Gasteiger partial charge in [-0.2, -0.15) is 0 Å². The molecule has 0 bridgehead atoms. The van der Waals surface area contributed by atoms with E-state index in [1.54, 1.807) is 0 Å². The van der Waals surface area contributed by atoms with E-state index in [0.29, 0.717) is 6.42 Å². The first-order valence-electron chi connectivity index (χ1n) is 10.3. The van der Waals surface area contributed by atoms with Gasteiger partial charge in [0.05, 0.1) is 0 Å². The summed E-state index contributed by atoms with van der Waals surface area (Å²) in [6.45, 7) is 4.67. The van der Waals surface area contributed by atoms with E-state index in [1.165, 1.54) is 83.5 Å². The molecule has 0 spiro atoms. The molecule has 0 radical (unpaired) electrons. The van der Waals surface area contributed by atoms with Crippen molar-refractivity contribution in [2.75, 3.05) is 0 Å². The summed E-state index contributed by atoms with van der Waals surface area (Å²) < 4.78 is 0. The fraction of sp³-hybridized carbons (Fsp3) is 0.952. The quantitative estimate of drug-likeness (QED) is 0.316. The molecule has 1 unspecified atom stereocenters. The summed E-state index contributed by atoms with van der Waals surface area (Å²) in [7, 11) is 0. The molecule has 2 heteroatoms. The standard InChI is InChI=1S/C21H40O2/c1-3-18(2)13-11-9-7-5-4-6-8-10-12-14-19-17-20(19)15-16-21(22)23/h18-20H,3-17H2,1-2H3,(H,22,23)/t18?,19-,20-/m1/s1. The zero-order valence-electron chi connectivity index (χ0n) is 15.7. The molecule has 1 fully saturated rings. The first-order valence-corrected chi connectivity index (χ1v) is 10.3. The largest absolute Gasteiger partial charge is 0.481 e. The van der Waals surface area contributed by atoms with Crippen molar-refractivity contribution in [2.24, 2.45) is 17.8 Å². The summed E-state index contributed by atoms with van der Waals surface area (Å²) in [6, 6.07) is 0. The Morgan fingerprint density at radius 2 is 1.43 bits per heavy atom. The lowest BCUT2D eigenvalue weighted by atomic mass is 9.99. The van der Waals surface area contributed by atoms with Crippen LogP contribution in [0.15, 0.2) is 0 Å². The van der Waals surface area contributed by atoms with Crippen molar-refractivity contribution < 1.29 is 9.90 Å². The summed E-state index contributed by atoms with van der Waals surface area (Å²) in [5, 5.41) is 8.68. The highest BCUT2D eigenvalue weighted by molar-refractivity contribution is 5.66. The lowest BCUT2D eigenvalue weighted by molar-refractivity contribution is -0.137.